The minimum atomic E-state index is -0.799. The van der Waals surface area contributed by atoms with Gasteiger partial charge in [0.25, 0.3) is 0 Å². The van der Waals surface area contributed by atoms with Crippen LogP contribution in [0.15, 0.2) is 22.8 Å². The highest BCUT2D eigenvalue weighted by Gasteiger charge is 2.53. The highest BCUT2D eigenvalue weighted by molar-refractivity contribution is 5.89. The van der Waals surface area contributed by atoms with Gasteiger partial charge in [-0.3, -0.25) is 9.59 Å². The van der Waals surface area contributed by atoms with Gasteiger partial charge in [0.1, 0.15) is 5.76 Å². The summed E-state index contributed by atoms with van der Waals surface area (Å²) in [7, 11) is 1.31. The zero-order chi connectivity index (χ0) is 14.9. The lowest BCUT2D eigenvalue weighted by molar-refractivity contribution is -0.175. The van der Waals surface area contributed by atoms with E-state index in [-0.39, 0.29) is 11.9 Å². The lowest BCUT2D eigenvalue weighted by atomic mass is 9.76. The van der Waals surface area contributed by atoms with E-state index < -0.39 is 23.9 Å². The number of rotatable bonds is 5. The van der Waals surface area contributed by atoms with Gasteiger partial charge < -0.3 is 19.2 Å². The molecule has 2 rings (SSSR count). The number of aliphatic hydroxyl groups is 1. The van der Waals surface area contributed by atoms with Gasteiger partial charge in [-0.25, -0.2) is 0 Å². The molecule has 6 heteroatoms. The summed E-state index contributed by atoms with van der Waals surface area (Å²) in [4.78, 5) is 25.4. The average molecular weight is 281 g/mol. The molecule has 0 unspecified atom stereocenters. The van der Waals surface area contributed by atoms with Crippen molar-refractivity contribution in [3.63, 3.8) is 0 Å². The van der Waals surface area contributed by atoms with E-state index in [1.807, 2.05) is 0 Å². The van der Waals surface area contributed by atoms with Crippen LogP contribution in [-0.4, -0.2) is 41.1 Å². The van der Waals surface area contributed by atoms with Gasteiger partial charge in [-0.15, -0.1) is 0 Å². The van der Waals surface area contributed by atoms with Gasteiger partial charge in [0.2, 0.25) is 5.91 Å². The van der Waals surface area contributed by atoms with E-state index in [2.05, 4.69) is 0 Å². The van der Waals surface area contributed by atoms with E-state index in [0.29, 0.717) is 12.3 Å². The molecule has 1 saturated heterocycles. The second-order valence-corrected chi connectivity index (χ2v) is 5.11. The molecule has 1 aliphatic heterocycles. The zero-order valence-corrected chi connectivity index (χ0v) is 11.8. The number of likely N-dealkylation sites (tertiary alicyclic amines) is 1. The Bertz CT molecular complexity index is 482. The normalized spacial score (nSPS) is 25.0. The van der Waals surface area contributed by atoms with E-state index >= 15 is 0 Å². The molecular weight excluding hydrogens is 262 g/mol. The Morgan fingerprint density at radius 3 is 2.75 bits per heavy atom. The van der Waals surface area contributed by atoms with E-state index in [9.17, 15) is 14.7 Å². The number of carbonyl (C=O) groups is 2. The molecule has 1 aromatic heterocycles. The summed E-state index contributed by atoms with van der Waals surface area (Å²) in [6, 6.07) is 3.13. The molecule has 110 valence electrons. The molecule has 20 heavy (non-hydrogen) atoms. The van der Waals surface area contributed by atoms with Crippen LogP contribution in [0.3, 0.4) is 0 Å². The van der Waals surface area contributed by atoms with Crippen molar-refractivity contribution < 1.29 is 23.8 Å². The number of nitrogens with zero attached hydrogens (tertiary/aromatic N) is 1. The van der Waals surface area contributed by atoms with Crippen molar-refractivity contribution in [1.82, 2.24) is 4.90 Å². The van der Waals surface area contributed by atoms with Crippen LogP contribution in [-0.2, 0) is 20.9 Å². The molecule has 0 spiro atoms. The second-order valence-electron chi connectivity index (χ2n) is 5.11. The maximum atomic E-state index is 12.1. The first kappa shape index (κ1) is 14.6. The van der Waals surface area contributed by atoms with Crippen LogP contribution in [0.1, 0.15) is 19.6 Å². The Labute approximate surface area is 117 Å². The number of esters is 1. The first-order chi connectivity index (χ1) is 9.47. The first-order valence-corrected chi connectivity index (χ1v) is 6.56. The second kappa shape index (κ2) is 5.66. The largest absolute Gasteiger partial charge is 0.469 e. The van der Waals surface area contributed by atoms with Crippen molar-refractivity contribution in [3.8, 4) is 0 Å². The topological polar surface area (TPSA) is 80.0 Å². The number of amides is 1. The van der Waals surface area contributed by atoms with Crippen LogP contribution in [0.4, 0.5) is 0 Å². The minimum Gasteiger partial charge on any atom is -0.469 e. The standard InChI is InChI=1S/C14H19NO5/c1-8(14(18)19-3)12-11(9(2)16)13(17)15(12)7-10-5-4-6-20-10/h4-6,8-9,11-12,16H,7H2,1-3H3/t8-,9+,11-,12-/m0/s1. The summed E-state index contributed by atoms with van der Waals surface area (Å²) in [5.74, 6) is -0.981. The molecule has 1 aliphatic rings. The van der Waals surface area contributed by atoms with Gasteiger partial charge in [-0.1, -0.05) is 0 Å². The fourth-order valence-electron chi connectivity index (χ4n) is 2.75. The van der Waals surface area contributed by atoms with E-state index in [1.165, 1.54) is 13.4 Å². The zero-order valence-electron chi connectivity index (χ0n) is 11.8. The van der Waals surface area contributed by atoms with Crippen LogP contribution in [0.2, 0.25) is 0 Å². The van der Waals surface area contributed by atoms with Crippen LogP contribution >= 0.6 is 0 Å². The van der Waals surface area contributed by atoms with Crippen LogP contribution in [0.5, 0.6) is 0 Å². The monoisotopic (exact) mass is 281 g/mol. The number of hydrogen-bond donors (Lipinski definition) is 1. The van der Waals surface area contributed by atoms with Gasteiger partial charge in [0.05, 0.1) is 43.9 Å². The third-order valence-corrected chi connectivity index (χ3v) is 3.81. The molecule has 4 atom stereocenters. The van der Waals surface area contributed by atoms with Crippen molar-refractivity contribution in [2.75, 3.05) is 7.11 Å². The molecule has 1 N–H and O–H groups in total. The van der Waals surface area contributed by atoms with Gasteiger partial charge >= 0.3 is 5.97 Å². The van der Waals surface area contributed by atoms with Gasteiger partial charge in [-0.05, 0) is 26.0 Å². The van der Waals surface area contributed by atoms with Crippen LogP contribution < -0.4 is 0 Å². The quantitative estimate of drug-likeness (QED) is 0.638. The lowest BCUT2D eigenvalue weighted by Gasteiger charge is -2.50. The van der Waals surface area contributed by atoms with Crippen LogP contribution in [0, 0.1) is 11.8 Å². The molecule has 0 aliphatic carbocycles. The highest BCUT2D eigenvalue weighted by atomic mass is 16.5. The lowest BCUT2D eigenvalue weighted by Crippen LogP contribution is -2.66. The van der Waals surface area contributed by atoms with E-state index in [4.69, 9.17) is 9.15 Å². The average Bonchev–Trinajstić information content (AvgIpc) is 2.92. The Morgan fingerprint density at radius 1 is 1.55 bits per heavy atom. The van der Waals surface area contributed by atoms with Gasteiger partial charge in [0, 0.05) is 0 Å². The van der Waals surface area contributed by atoms with Crippen LogP contribution in [0.25, 0.3) is 0 Å². The van der Waals surface area contributed by atoms with E-state index in [1.54, 1.807) is 30.9 Å². The van der Waals surface area contributed by atoms with E-state index in [0.717, 1.165) is 0 Å². The minimum absolute atomic E-state index is 0.169. The smallest absolute Gasteiger partial charge is 0.310 e. The molecule has 0 bridgehead atoms. The molecule has 0 saturated carbocycles. The van der Waals surface area contributed by atoms with Gasteiger partial charge in [0.15, 0.2) is 0 Å². The van der Waals surface area contributed by atoms with Crippen molar-refractivity contribution in [1.29, 1.82) is 0 Å². The number of ether oxygens (including phenoxy) is 1. The Balaban J connectivity index is 2.17. The van der Waals surface area contributed by atoms with Crippen molar-refractivity contribution >= 4 is 11.9 Å². The summed E-state index contributed by atoms with van der Waals surface area (Å²) in [6.07, 6.45) is 0.734. The molecule has 1 fully saturated rings. The summed E-state index contributed by atoms with van der Waals surface area (Å²) in [5, 5.41) is 9.74. The number of methoxy groups -OCH3 is 1. The maximum absolute atomic E-state index is 12.1. The van der Waals surface area contributed by atoms with Gasteiger partial charge in [-0.2, -0.15) is 0 Å². The van der Waals surface area contributed by atoms with Crippen molar-refractivity contribution in [3.05, 3.63) is 24.2 Å². The predicted molar refractivity (Wildman–Crippen MR) is 69.4 cm³/mol. The Morgan fingerprint density at radius 2 is 2.25 bits per heavy atom. The summed E-state index contributed by atoms with van der Waals surface area (Å²) < 4.78 is 9.96. The third kappa shape index (κ3) is 2.43. The molecule has 1 aromatic rings. The Kier molecular flexibility index (Phi) is 4.13. The Hall–Kier alpha value is -1.82. The highest BCUT2D eigenvalue weighted by Crippen LogP contribution is 2.36. The fourth-order valence-corrected chi connectivity index (χ4v) is 2.75. The summed E-state index contributed by atoms with van der Waals surface area (Å²) >= 11 is 0. The number of hydrogen-bond acceptors (Lipinski definition) is 5. The number of furan rings is 1. The molecule has 0 radical (unpaired) electrons. The number of carbonyl (C=O) groups excluding carboxylic acids is 2. The van der Waals surface area contributed by atoms with Crippen molar-refractivity contribution in [2.24, 2.45) is 11.8 Å². The first-order valence-electron chi connectivity index (χ1n) is 6.56. The molecule has 1 amide bonds. The number of β-lactam (4-membered cyclic amide) rings is 1. The summed E-state index contributed by atoms with van der Waals surface area (Å²) in [5.41, 5.74) is 0. The van der Waals surface area contributed by atoms with Crippen molar-refractivity contribution in [2.45, 2.75) is 32.5 Å². The molecule has 0 aromatic carbocycles. The maximum Gasteiger partial charge on any atom is 0.310 e. The molecular formula is C14H19NO5. The molecule has 2 heterocycles. The SMILES string of the molecule is COC(=O)[C@@H](C)[C@H]1[C@H]([C@@H](C)O)C(=O)N1Cc1ccco1. The third-order valence-electron chi connectivity index (χ3n) is 3.81. The molecule has 6 nitrogen and oxygen atoms in total. The summed E-state index contributed by atoms with van der Waals surface area (Å²) in [6.45, 7) is 3.55. The number of aliphatic hydroxyl groups excluding tert-OH is 1. The fraction of sp³-hybridized carbons (Fsp3) is 0.571. The predicted octanol–water partition coefficient (Wildman–Crippen LogP) is 0.796.